The summed E-state index contributed by atoms with van der Waals surface area (Å²) in [5.41, 5.74) is 0. The van der Waals surface area contributed by atoms with Crippen LogP contribution >= 0.6 is 35.3 Å². The zero-order chi connectivity index (χ0) is 15.5. The Morgan fingerprint density at radius 2 is 2.05 bits per heavy atom. The van der Waals surface area contributed by atoms with Crippen LogP contribution in [0, 0.1) is 6.92 Å². The van der Waals surface area contributed by atoms with Crippen molar-refractivity contribution in [3.05, 3.63) is 16.1 Å². The van der Waals surface area contributed by atoms with E-state index in [1.165, 1.54) is 22.7 Å². The number of nitrogens with zero attached hydrogens (tertiary/aromatic N) is 3. The summed E-state index contributed by atoms with van der Waals surface area (Å²) in [6, 6.07) is 0. The molecule has 0 bridgehead atoms. The lowest BCUT2D eigenvalue weighted by atomic mass is 10.3. The van der Waals surface area contributed by atoms with Crippen molar-refractivity contribution in [1.29, 1.82) is 0 Å². The van der Waals surface area contributed by atoms with Gasteiger partial charge in [-0.2, -0.15) is 0 Å². The second-order valence-corrected chi connectivity index (χ2v) is 6.52. The Labute approximate surface area is 156 Å². The van der Waals surface area contributed by atoms with Gasteiger partial charge < -0.3 is 15.5 Å². The number of guanidine groups is 1. The first kappa shape index (κ1) is 21.6. The largest absolute Gasteiger partial charge is 0.356 e. The lowest BCUT2D eigenvalue weighted by Gasteiger charge is -2.17. The van der Waals surface area contributed by atoms with Crippen molar-refractivity contribution in [3.63, 3.8) is 0 Å². The smallest absolute Gasteiger partial charge is 0.191 e. The number of aromatic nitrogens is 1. The molecule has 0 aliphatic rings. The highest BCUT2D eigenvalue weighted by atomic mass is 127. The number of rotatable bonds is 9. The summed E-state index contributed by atoms with van der Waals surface area (Å²) in [7, 11) is 3.97. The average Bonchev–Trinajstić information content (AvgIpc) is 2.89. The van der Waals surface area contributed by atoms with E-state index in [9.17, 15) is 0 Å². The number of hydrogen-bond acceptors (Lipinski definition) is 4. The monoisotopic (exact) mass is 439 g/mol. The van der Waals surface area contributed by atoms with Crippen molar-refractivity contribution in [3.8, 4) is 0 Å². The third-order valence-corrected chi connectivity index (χ3v) is 4.18. The van der Waals surface area contributed by atoms with Crippen LogP contribution in [-0.2, 0) is 6.42 Å². The molecule has 0 aliphatic carbocycles. The van der Waals surface area contributed by atoms with Crippen LogP contribution in [0.5, 0.6) is 0 Å². The van der Waals surface area contributed by atoms with Crippen LogP contribution in [0.15, 0.2) is 11.2 Å². The van der Waals surface area contributed by atoms with Crippen molar-refractivity contribution in [2.45, 2.75) is 33.1 Å². The first-order valence-corrected chi connectivity index (χ1v) is 8.51. The Bertz CT molecular complexity index is 422. The minimum Gasteiger partial charge on any atom is -0.356 e. The first-order valence-electron chi connectivity index (χ1n) is 7.70. The van der Waals surface area contributed by atoms with Crippen LogP contribution in [0.25, 0.3) is 0 Å². The van der Waals surface area contributed by atoms with Crippen molar-refractivity contribution < 1.29 is 0 Å². The lowest BCUT2D eigenvalue weighted by Crippen LogP contribution is -2.41. The first-order chi connectivity index (χ1) is 10.2. The third kappa shape index (κ3) is 9.58. The lowest BCUT2D eigenvalue weighted by molar-refractivity contribution is 0.332. The van der Waals surface area contributed by atoms with Crippen LogP contribution in [-0.4, -0.2) is 56.1 Å². The topological polar surface area (TPSA) is 52.5 Å². The van der Waals surface area contributed by atoms with E-state index in [4.69, 9.17) is 0 Å². The Morgan fingerprint density at radius 3 is 2.64 bits per heavy atom. The summed E-state index contributed by atoms with van der Waals surface area (Å²) >= 11 is 1.76. The molecule has 128 valence electrons. The van der Waals surface area contributed by atoms with Crippen molar-refractivity contribution >= 4 is 41.3 Å². The molecule has 0 spiro atoms. The van der Waals surface area contributed by atoms with E-state index in [0.717, 1.165) is 38.6 Å². The van der Waals surface area contributed by atoms with Gasteiger partial charge in [-0.25, -0.2) is 4.98 Å². The highest BCUT2D eigenvalue weighted by Gasteiger charge is 2.02. The molecule has 2 N–H and O–H groups in total. The molecule has 0 saturated heterocycles. The number of halogens is 1. The van der Waals surface area contributed by atoms with Gasteiger partial charge in [-0.15, -0.1) is 35.3 Å². The summed E-state index contributed by atoms with van der Waals surface area (Å²) < 4.78 is 0. The standard InChI is InChI=1S/C15H29N5S.HI/c1-5-6-10-20(4)11-9-18-15(16-3)17-8-7-14-19-12-13(2)21-14;/h12H,5-11H2,1-4H3,(H2,16,17,18);1H. The quantitative estimate of drug-likeness (QED) is 0.353. The Balaban J connectivity index is 0.00000441. The summed E-state index contributed by atoms with van der Waals surface area (Å²) in [6.07, 6.45) is 5.38. The number of hydrogen-bond donors (Lipinski definition) is 2. The number of thiazole rings is 1. The normalized spacial score (nSPS) is 11.4. The zero-order valence-electron chi connectivity index (χ0n) is 14.2. The fourth-order valence-electron chi connectivity index (χ4n) is 1.93. The van der Waals surface area contributed by atoms with Crippen LogP contribution in [0.4, 0.5) is 0 Å². The fraction of sp³-hybridized carbons (Fsp3) is 0.733. The fourth-order valence-corrected chi connectivity index (χ4v) is 2.72. The van der Waals surface area contributed by atoms with Gasteiger partial charge in [-0.3, -0.25) is 4.99 Å². The highest BCUT2D eigenvalue weighted by molar-refractivity contribution is 14.0. The molecular formula is C15H30IN5S. The van der Waals surface area contributed by atoms with Gasteiger partial charge in [0, 0.05) is 44.2 Å². The second-order valence-electron chi connectivity index (χ2n) is 5.20. The van der Waals surface area contributed by atoms with E-state index in [-0.39, 0.29) is 24.0 Å². The molecule has 0 radical (unpaired) electrons. The van der Waals surface area contributed by atoms with E-state index in [1.54, 1.807) is 11.3 Å². The van der Waals surface area contributed by atoms with Crippen LogP contribution < -0.4 is 10.6 Å². The molecule has 0 fully saturated rings. The van der Waals surface area contributed by atoms with Gasteiger partial charge >= 0.3 is 0 Å². The molecule has 1 aromatic rings. The Hall–Kier alpha value is -0.410. The molecular weight excluding hydrogens is 409 g/mol. The van der Waals surface area contributed by atoms with E-state index in [2.05, 4.69) is 46.4 Å². The van der Waals surface area contributed by atoms with E-state index >= 15 is 0 Å². The van der Waals surface area contributed by atoms with Gasteiger partial charge in [0.1, 0.15) is 0 Å². The van der Waals surface area contributed by atoms with Crippen molar-refractivity contribution in [1.82, 2.24) is 20.5 Å². The van der Waals surface area contributed by atoms with E-state index < -0.39 is 0 Å². The molecule has 1 rings (SSSR count). The number of aliphatic imine (C=N–C) groups is 1. The molecule has 5 nitrogen and oxygen atoms in total. The predicted octanol–water partition coefficient (Wildman–Crippen LogP) is 2.51. The van der Waals surface area contributed by atoms with Gasteiger partial charge in [-0.1, -0.05) is 13.3 Å². The van der Waals surface area contributed by atoms with Crippen LogP contribution in [0.1, 0.15) is 29.7 Å². The number of nitrogens with one attached hydrogen (secondary N) is 2. The average molecular weight is 439 g/mol. The molecule has 0 amide bonds. The Kier molecular flexibility index (Phi) is 12.8. The number of aryl methyl sites for hydroxylation is 1. The van der Waals surface area contributed by atoms with Gasteiger partial charge in [0.2, 0.25) is 0 Å². The van der Waals surface area contributed by atoms with E-state index in [1.807, 2.05) is 13.2 Å². The van der Waals surface area contributed by atoms with Gasteiger partial charge in [-0.05, 0) is 26.9 Å². The molecule has 1 heterocycles. The van der Waals surface area contributed by atoms with Crippen molar-refractivity contribution in [2.75, 3.05) is 40.3 Å². The molecule has 0 aromatic carbocycles. The summed E-state index contributed by atoms with van der Waals surface area (Å²) in [5.74, 6) is 0.868. The zero-order valence-corrected chi connectivity index (χ0v) is 17.3. The van der Waals surface area contributed by atoms with Gasteiger partial charge in [0.05, 0.1) is 5.01 Å². The predicted molar refractivity (Wildman–Crippen MR) is 108 cm³/mol. The van der Waals surface area contributed by atoms with Crippen LogP contribution in [0.2, 0.25) is 0 Å². The van der Waals surface area contributed by atoms with Gasteiger partial charge in [0.15, 0.2) is 5.96 Å². The molecule has 0 saturated carbocycles. The molecule has 0 unspecified atom stereocenters. The summed E-state index contributed by atoms with van der Waals surface area (Å²) in [6.45, 7) is 8.28. The van der Waals surface area contributed by atoms with Gasteiger partial charge in [0.25, 0.3) is 0 Å². The van der Waals surface area contributed by atoms with E-state index in [0.29, 0.717) is 0 Å². The van der Waals surface area contributed by atoms with Crippen LogP contribution in [0.3, 0.4) is 0 Å². The molecule has 0 atom stereocenters. The Morgan fingerprint density at radius 1 is 1.32 bits per heavy atom. The third-order valence-electron chi connectivity index (χ3n) is 3.20. The minimum absolute atomic E-state index is 0. The molecule has 7 heteroatoms. The summed E-state index contributed by atoms with van der Waals surface area (Å²) in [4.78, 5) is 12.2. The maximum Gasteiger partial charge on any atom is 0.191 e. The summed E-state index contributed by atoms with van der Waals surface area (Å²) in [5, 5.41) is 7.86. The number of likely N-dealkylation sites (N-methyl/N-ethyl adjacent to an activating group) is 1. The maximum absolute atomic E-state index is 4.36. The maximum atomic E-state index is 4.36. The molecule has 1 aromatic heterocycles. The number of unbranched alkanes of at least 4 members (excludes halogenated alkanes) is 1. The highest BCUT2D eigenvalue weighted by Crippen LogP contribution is 2.10. The molecule has 0 aliphatic heterocycles. The molecule has 22 heavy (non-hydrogen) atoms. The second kappa shape index (κ2) is 13.1. The van der Waals surface area contributed by atoms with Crippen molar-refractivity contribution in [2.24, 2.45) is 4.99 Å². The SMILES string of the molecule is CCCCN(C)CCNC(=NC)NCCc1ncc(C)s1.I. The minimum atomic E-state index is 0.